The first-order valence-electron chi connectivity index (χ1n) is 6.32. The fourth-order valence-electron chi connectivity index (χ4n) is 1.93. The van der Waals surface area contributed by atoms with Crippen molar-refractivity contribution in [2.75, 3.05) is 23.4 Å². The minimum Gasteiger partial charge on any atom is -0.444 e. The fraction of sp³-hybridized carbons (Fsp3) is 0.833. The molecule has 1 saturated heterocycles. The van der Waals surface area contributed by atoms with Gasteiger partial charge in [0.05, 0.1) is 22.9 Å². The number of rotatable bonds is 3. The second kappa shape index (κ2) is 6.43. The largest absolute Gasteiger partial charge is 0.444 e. The summed E-state index contributed by atoms with van der Waals surface area (Å²) in [6, 6.07) is -0.645. The first-order valence-corrected chi connectivity index (χ1v) is 9.26. The van der Waals surface area contributed by atoms with Crippen LogP contribution in [0, 0.1) is 0 Å². The second-order valence-corrected chi connectivity index (χ2v) is 8.61. The number of hydrogen-bond acceptors (Lipinski definition) is 5. The van der Waals surface area contributed by atoms with E-state index in [9.17, 15) is 18.0 Å². The zero-order valence-corrected chi connectivity index (χ0v) is 14.3. The Morgan fingerprint density at radius 2 is 1.95 bits per heavy atom. The van der Waals surface area contributed by atoms with E-state index in [4.69, 9.17) is 4.74 Å². The highest BCUT2D eigenvalue weighted by molar-refractivity contribution is 9.09. The molecule has 0 aliphatic carbocycles. The molecule has 1 aliphatic rings. The van der Waals surface area contributed by atoms with Crippen LogP contribution < -0.4 is 0 Å². The molecule has 0 radical (unpaired) electrons. The van der Waals surface area contributed by atoms with E-state index in [1.54, 1.807) is 20.8 Å². The van der Waals surface area contributed by atoms with Crippen molar-refractivity contribution >= 4 is 37.6 Å². The van der Waals surface area contributed by atoms with Crippen molar-refractivity contribution in [1.29, 1.82) is 0 Å². The third kappa shape index (κ3) is 5.40. The Hall–Kier alpha value is -0.630. The monoisotopic (exact) mass is 369 g/mol. The van der Waals surface area contributed by atoms with Gasteiger partial charge in [-0.15, -0.1) is 0 Å². The summed E-state index contributed by atoms with van der Waals surface area (Å²) < 4.78 is 28.6. The zero-order chi connectivity index (χ0) is 15.6. The van der Waals surface area contributed by atoms with Crippen LogP contribution in [0.4, 0.5) is 4.79 Å². The molecule has 0 bridgehead atoms. The molecule has 1 atom stereocenters. The van der Waals surface area contributed by atoms with E-state index in [0.717, 1.165) is 0 Å². The van der Waals surface area contributed by atoms with E-state index in [1.807, 2.05) is 0 Å². The number of amides is 1. The summed E-state index contributed by atoms with van der Waals surface area (Å²) in [6.45, 7) is 5.29. The molecule has 1 fully saturated rings. The normalized spacial score (nSPS) is 22.4. The van der Waals surface area contributed by atoms with E-state index in [1.165, 1.54) is 4.90 Å². The van der Waals surface area contributed by atoms with Crippen molar-refractivity contribution in [1.82, 2.24) is 4.90 Å². The summed E-state index contributed by atoms with van der Waals surface area (Å²) in [5, 5.41) is 0.145. The Morgan fingerprint density at radius 1 is 1.35 bits per heavy atom. The third-order valence-corrected chi connectivity index (χ3v) is 5.09. The maximum absolute atomic E-state index is 12.1. The van der Waals surface area contributed by atoms with Crippen LogP contribution in [0.5, 0.6) is 0 Å². The van der Waals surface area contributed by atoms with Gasteiger partial charge < -0.3 is 9.64 Å². The maximum atomic E-state index is 12.1. The van der Waals surface area contributed by atoms with Crippen LogP contribution in [0.15, 0.2) is 0 Å². The van der Waals surface area contributed by atoms with Crippen LogP contribution in [0.1, 0.15) is 27.2 Å². The Bertz CT molecular complexity index is 483. The van der Waals surface area contributed by atoms with Crippen molar-refractivity contribution in [2.45, 2.75) is 38.8 Å². The van der Waals surface area contributed by atoms with Gasteiger partial charge in [-0.25, -0.2) is 13.2 Å². The van der Waals surface area contributed by atoms with Crippen LogP contribution in [-0.4, -0.2) is 60.2 Å². The van der Waals surface area contributed by atoms with E-state index >= 15 is 0 Å². The number of halogens is 1. The summed E-state index contributed by atoms with van der Waals surface area (Å²) in [5.74, 6) is -0.420. The highest BCUT2D eigenvalue weighted by Gasteiger charge is 2.37. The minimum absolute atomic E-state index is 0.0176. The van der Waals surface area contributed by atoms with Gasteiger partial charge in [0, 0.05) is 13.0 Å². The number of carbonyl (C=O) groups excluding carboxylic acids is 2. The highest BCUT2D eigenvalue weighted by atomic mass is 79.9. The smallest absolute Gasteiger partial charge is 0.410 e. The lowest BCUT2D eigenvalue weighted by molar-refractivity contribution is -0.117. The van der Waals surface area contributed by atoms with Gasteiger partial charge in [0.2, 0.25) is 0 Å². The molecule has 1 rings (SSSR count). The van der Waals surface area contributed by atoms with Crippen molar-refractivity contribution in [3.05, 3.63) is 0 Å². The first-order chi connectivity index (χ1) is 9.04. The van der Waals surface area contributed by atoms with Crippen LogP contribution in [0.25, 0.3) is 0 Å². The van der Waals surface area contributed by atoms with Gasteiger partial charge in [-0.05, 0) is 20.8 Å². The molecule has 0 spiro atoms. The average Bonchev–Trinajstić information content (AvgIpc) is 2.25. The summed E-state index contributed by atoms with van der Waals surface area (Å²) in [7, 11) is -3.21. The molecule has 6 nitrogen and oxygen atoms in total. The molecular formula is C12H20BrNO5S. The summed E-state index contributed by atoms with van der Waals surface area (Å²) in [5.41, 5.74) is -0.655. The lowest BCUT2D eigenvalue weighted by Crippen LogP contribution is -2.53. The Labute approximate surface area is 127 Å². The number of nitrogens with zero attached hydrogens (tertiary/aromatic N) is 1. The number of sulfone groups is 1. The molecule has 0 aromatic heterocycles. The van der Waals surface area contributed by atoms with Crippen molar-refractivity contribution in [2.24, 2.45) is 0 Å². The molecular weight excluding hydrogens is 350 g/mol. The van der Waals surface area contributed by atoms with Crippen LogP contribution in [-0.2, 0) is 19.4 Å². The molecule has 1 heterocycles. The number of ketones is 1. The van der Waals surface area contributed by atoms with E-state index in [2.05, 4.69) is 15.9 Å². The number of carbonyl (C=O) groups is 2. The highest BCUT2D eigenvalue weighted by Crippen LogP contribution is 2.19. The van der Waals surface area contributed by atoms with Crippen molar-refractivity contribution < 1.29 is 22.7 Å². The summed E-state index contributed by atoms with van der Waals surface area (Å²) in [6.07, 6.45) is -0.552. The van der Waals surface area contributed by atoms with E-state index < -0.39 is 27.6 Å². The lowest BCUT2D eigenvalue weighted by Gasteiger charge is -2.36. The van der Waals surface area contributed by atoms with Crippen molar-refractivity contribution in [3.8, 4) is 0 Å². The molecule has 0 aromatic carbocycles. The molecule has 1 amide bonds. The second-order valence-electron chi connectivity index (χ2n) is 5.82. The molecule has 0 aromatic rings. The van der Waals surface area contributed by atoms with E-state index in [0.29, 0.717) is 0 Å². The Balaban J connectivity index is 2.85. The van der Waals surface area contributed by atoms with Crippen LogP contribution in [0.2, 0.25) is 0 Å². The van der Waals surface area contributed by atoms with Gasteiger partial charge in [0.15, 0.2) is 9.84 Å². The zero-order valence-electron chi connectivity index (χ0n) is 11.9. The molecule has 116 valence electrons. The first kappa shape index (κ1) is 17.4. The van der Waals surface area contributed by atoms with Gasteiger partial charge >= 0.3 is 6.09 Å². The molecule has 0 saturated carbocycles. The number of hydrogen-bond donors (Lipinski definition) is 0. The van der Waals surface area contributed by atoms with Crippen LogP contribution in [0.3, 0.4) is 0 Å². The predicted molar refractivity (Wildman–Crippen MR) is 78.8 cm³/mol. The molecule has 1 unspecified atom stereocenters. The van der Waals surface area contributed by atoms with Crippen molar-refractivity contribution in [3.63, 3.8) is 0 Å². The summed E-state index contributed by atoms with van der Waals surface area (Å²) in [4.78, 5) is 25.0. The van der Waals surface area contributed by atoms with Gasteiger partial charge in [-0.1, -0.05) is 15.9 Å². The molecule has 1 aliphatic heterocycles. The van der Waals surface area contributed by atoms with Gasteiger partial charge in [-0.3, -0.25) is 4.79 Å². The number of Topliss-reactive ketones (excluding diaryl/α,β-unsaturated/α-hetero) is 1. The Morgan fingerprint density at radius 3 is 2.45 bits per heavy atom. The number of ether oxygens (including phenoxy) is 1. The Kier molecular flexibility index (Phi) is 5.60. The van der Waals surface area contributed by atoms with Crippen LogP contribution >= 0.6 is 15.9 Å². The minimum atomic E-state index is -3.21. The standard InChI is InChI=1S/C12H20BrNO5S/c1-12(2,3)19-11(16)14-4-5-20(17,18)8-9(14)6-10(15)7-13/h9H,4-8H2,1-3H3. The topological polar surface area (TPSA) is 80.8 Å². The van der Waals surface area contributed by atoms with Gasteiger partial charge in [0.25, 0.3) is 0 Å². The summed E-state index contributed by atoms with van der Waals surface area (Å²) >= 11 is 3.04. The predicted octanol–water partition coefficient (Wildman–Crippen LogP) is 1.37. The lowest BCUT2D eigenvalue weighted by atomic mass is 10.1. The maximum Gasteiger partial charge on any atom is 0.410 e. The quantitative estimate of drug-likeness (QED) is 0.701. The van der Waals surface area contributed by atoms with Gasteiger partial charge in [-0.2, -0.15) is 0 Å². The average molecular weight is 370 g/mol. The molecule has 20 heavy (non-hydrogen) atoms. The third-order valence-electron chi connectivity index (χ3n) is 2.77. The SMILES string of the molecule is CC(C)(C)OC(=O)N1CCS(=O)(=O)CC1CC(=O)CBr. The fourth-order valence-corrected chi connectivity index (χ4v) is 3.69. The van der Waals surface area contributed by atoms with E-state index in [-0.39, 0.29) is 35.6 Å². The number of alkyl halides is 1. The molecule has 8 heteroatoms. The molecule has 0 N–H and O–H groups in total. The van der Waals surface area contributed by atoms with Gasteiger partial charge in [0.1, 0.15) is 11.4 Å².